The van der Waals surface area contributed by atoms with E-state index in [4.69, 9.17) is 0 Å². The molecule has 5 rings (SSSR count). The Morgan fingerprint density at radius 3 is 2.61 bits per heavy atom. The van der Waals surface area contributed by atoms with E-state index in [0.717, 1.165) is 0 Å². The third-order valence-corrected chi connectivity index (χ3v) is 5.22. The van der Waals surface area contributed by atoms with Gasteiger partial charge in [-0.25, -0.2) is 4.98 Å². The highest BCUT2D eigenvalue weighted by molar-refractivity contribution is 5.81. The lowest BCUT2D eigenvalue weighted by Crippen LogP contribution is -2.24. The van der Waals surface area contributed by atoms with Crippen molar-refractivity contribution in [3.05, 3.63) is 85.4 Å². The molecule has 0 amide bonds. The fourth-order valence-electron chi connectivity index (χ4n) is 3.73. The molecule has 11 nitrogen and oxygen atoms in total. The van der Waals surface area contributed by atoms with Crippen molar-refractivity contribution in [3.63, 3.8) is 0 Å². The fraction of sp³-hybridized carbons (Fsp3) is 0.150. The molecule has 154 valence electrons. The third kappa shape index (κ3) is 2.78. The maximum atomic E-state index is 13.0. The quantitative estimate of drug-likeness (QED) is 0.321. The van der Waals surface area contributed by atoms with E-state index in [2.05, 4.69) is 15.2 Å². The molecule has 11 heteroatoms. The van der Waals surface area contributed by atoms with Crippen molar-refractivity contribution in [1.29, 1.82) is 0 Å². The van der Waals surface area contributed by atoms with Crippen LogP contribution in [0.4, 0.5) is 5.69 Å². The van der Waals surface area contributed by atoms with Gasteiger partial charge in [0.25, 0.3) is 16.8 Å². The third-order valence-electron chi connectivity index (χ3n) is 5.22. The zero-order chi connectivity index (χ0) is 21.7. The van der Waals surface area contributed by atoms with Crippen LogP contribution in [-0.4, -0.2) is 33.6 Å². The number of rotatable bonds is 4. The van der Waals surface area contributed by atoms with Gasteiger partial charge in [0.1, 0.15) is 0 Å². The summed E-state index contributed by atoms with van der Waals surface area (Å²) < 4.78 is 4.65. The van der Waals surface area contributed by atoms with Crippen LogP contribution in [-0.2, 0) is 13.1 Å². The molecule has 0 aliphatic carbocycles. The smallest absolute Gasteiger partial charge is 0.271 e. The Morgan fingerprint density at radius 2 is 1.84 bits per heavy atom. The van der Waals surface area contributed by atoms with Crippen LogP contribution >= 0.6 is 0 Å². The van der Waals surface area contributed by atoms with Gasteiger partial charge in [-0.3, -0.25) is 33.2 Å². The second-order valence-electron chi connectivity index (χ2n) is 6.95. The van der Waals surface area contributed by atoms with Gasteiger partial charge in [-0.1, -0.05) is 12.1 Å². The molecule has 0 saturated heterocycles. The van der Waals surface area contributed by atoms with Crippen LogP contribution in [0.25, 0.3) is 27.6 Å². The van der Waals surface area contributed by atoms with Crippen molar-refractivity contribution in [1.82, 2.24) is 28.7 Å². The number of nitro groups is 1. The van der Waals surface area contributed by atoms with Gasteiger partial charge in [-0.05, 0) is 25.1 Å². The minimum absolute atomic E-state index is 0.0613. The molecule has 31 heavy (non-hydrogen) atoms. The molecule has 0 spiro atoms. The largest absolute Gasteiger partial charge is 0.291 e. The Balaban J connectivity index is 1.70. The van der Waals surface area contributed by atoms with Gasteiger partial charge < -0.3 is 0 Å². The highest BCUT2D eigenvalue weighted by Crippen LogP contribution is 2.17. The summed E-state index contributed by atoms with van der Waals surface area (Å²) in [4.78, 5) is 40.4. The number of aromatic nitrogens is 6. The normalized spacial score (nSPS) is 11.5. The standard InChI is InChI=1S/C20H15N7O4/c1-2-25-19(29)14-5-3-4-6-16(14)26-17(22-23-20(25)26)10-24-11-21-15-9-12(27(30)31)7-8-13(15)18(24)28/h3-9,11H,2,10H2,1H3. The maximum Gasteiger partial charge on any atom is 0.271 e. The summed E-state index contributed by atoms with van der Waals surface area (Å²) in [6.45, 7) is 2.33. The molecule has 0 aliphatic rings. The maximum absolute atomic E-state index is 13.0. The Kier molecular flexibility index (Phi) is 4.10. The molecule has 2 aromatic carbocycles. The lowest BCUT2D eigenvalue weighted by Gasteiger charge is -2.10. The van der Waals surface area contributed by atoms with Crippen molar-refractivity contribution in [2.75, 3.05) is 0 Å². The minimum atomic E-state index is -0.534. The van der Waals surface area contributed by atoms with Crippen molar-refractivity contribution >= 4 is 33.3 Å². The molecule has 0 atom stereocenters. The Labute approximate surface area is 173 Å². The lowest BCUT2D eigenvalue weighted by atomic mass is 10.2. The number of benzene rings is 2. The number of hydrogen-bond donors (Lipinski definition) is 0. The topological polar surface area (TPSA) is 130 Å². The molecule has 0 radical (unpaired) electrons. The molecule has 5 aromatic rings. The van der Waals surface area contributed by atoms with E-state index in [9.17, 15) is 19.7 Å². The Morgan fingerprint density at radius 1 is 1.03 bits per heavy atom. The van der Waals surface area contributed by atoms with Crippen LogP contribution in [0, 0.1) is 10.1 Å². The number of nitro benzene ring substituents is 1. The molecule has 0 unspecified atom stereocenters. The number of non-ortho nitro benzene ring substituents is 1. The first kappa shape index (κ1) is 18.6. The average Bonchev–Trinajstić information content (AvgIpc) is 3.19. The van der Waals surface area contributed by atoms with E-state index in [1.807, 2.05) is 13.0 Å². The number of fused-ring (bicyclic) bond motifs is 4. The van der Waals surface area contributed by atoms with Gasteiger partial charge in [0, 0.05) is 18.7 Å². The highest BCUT2D eigenvalue weighted by Gasteiger charge is 2.17. The predicted molar refractivity (Wildman–Crippen MR) is 112 cm³/mol. The van der Waals surface area contributed by atoms with Gasteiger partial charge in [0.2, 0.25) is 5.78 Å². The Bertz CT molecular complexity index is 1630. The number of hydrogen-bond acceptors (Lipinski definition) is 7. The van der Waals surface area contributed by atoms with E-state index in [-0.39, 0.29) is 34.3 Å². The summed E-state index contributed by atoms with van der Waals surface area (Å²) in [7, 11) is 0. The van der Waals surface area contributed by atoms with E-state index >= 15 is 0 Å². The van der Waals surface area contributed by atoms with Crippen LogP contribution in [0.3, 0.4) is 0 Å². The van der Waals surface area contributed by atoms with Gasteiger partial charge >= 0.3 is 0 Å². The fourth-order valence-corrected chi connectivity index (χ4v) is 3.73. The second-order valence-corrected chi connectivity index (χ2v) is 6.95. The van der Waals surface area contributed by atoms with E-state index in [1.54, 1.807) is 22.6 Å². The lowest BCUT2D eigenvalue weighted by molar-refractivity contribution is -0.384. The van der Waals surface area contributed by atoms with E-state index < -0.39 is 4.92 Å². The van der Waals surface area contributed by atoms with Gasteiger partial charge in [-0.15, -0.1) is 10.2 Å². The summed E-state index contributed by atoms with van der Waals surface area (Å²) in [6, 6.07) is 11.1. The van der Waals surface area contributed by atoms with Crippen molar-refractivity contribution in [2.24, 2.45) is 0 Å². The molecule has 3 aromatic heterocycles. The molecule has 0 bridgehead atoms. The van der Waals surface area contributed by atoms with Crippen LogP contribution in [0.1, 0.15) is 12.7 Å². The first-order valence-corrected chi connectivity index (χ1v) is 9.48. The molecule has 0 aliphatic heterocycles. The summed E-state index contributed by atoms with van der Waals surface area (Å²) >= 11 is 0. The predicted octanol–water partition coefficient (Wildman–Crippen LogP) is 1.73. The van der Waals surface area contributed by atoms with Crippen LogP contribution in [0.2, 0.25) is 0 Å². The number of aryl methyl sites for hydroxylation is 1. The van der Waals surface area contributed by atoms with Gasteiger partial charge in [0.15, 0.2) is 5.82 Å². The molecule has 0 saturated carbocycles. The molecular formula is C20H15N7O4. The van der Waals surface area contributed by atoms with Crippen molar-refractivity contribution < 1.29 is 4.92 Å². The summed E-state index contributed by atoms with van der Waals surface area (Å²) in [5.41, 5.74) is 0.238. The SMILES string of the molecule is CCn1c(=O)c2ccccc2n2c(Cn3cnc4cc([N+](=O)[O-])ccc4c3=O)nnc12. The summed E-state index contributed by atoms with van der Waals surface area (Å²) in [6.07, 6.45) is 1.33. The minimum Gasteiger partial charge on any atom is -0.291 e. The first-order chi connectivity index (χ1) is 15.0. The van der Waals surface area contributed by atoms with Crippen molar-refractivity contribution in [2.45, 2.75) is 20.0 Å². The summed E-state index contributed by atoms with van der Waals surface area (Å²) in [5.74, 6) is 0.845. The van der Waals surface area contributed by atoms with Gasteiger partial charge in [0.05, 0.1) is 39.6 Å². The highest BCUT2D eigenvalue weighted by atomic mass is 16.6. The van der Waals surface area contributed by atoms with Crippen LogP contribution in [0.5, 0.6) is 0 Å². The number of para-hydroxylation sites is 1. The molecule has 0 N–H and O–H groups in total. The summed E-state index contributed by atoms with van der Waals surface area (Å²) in [5, 5.41) is 20.2. The average molecular weight is 417 g/mol. The van der Waals surface area contributed by atoms with E-state index in [0.29, 0.717) is 29.0 Å². The zero-order valence-electron chi connectivity index (χ0n) is 16.3. The molecular weight excluding hydrogens is 402 g/mol. The molecule has 0 fully saturated rings. The van der Waals surface area contributed by atoms with Crippen LogP contribution < -0.4 is 11.1 Å². The first-order valence-electron chi connectivity index (χ1n) is 9.48. The van der Waals surface area contributed by atoms with Crippen LogP contribution in [0.15, 0.2) is 58.4 Å². The number of nitrogens with zero attached hydrogens (tertiary/aromatic N) is 7. The molecule has 3 heterocycles. The monoisotopic (exact) mass is 417 g/mol. The van der Waals surface area contributed by atoms with Crippen molar-refractivity contribution in [3.8, 4) is 0 Å². The van der Waals surface area contributed by atoms with E-state index in [1.165, 1.54) is 33.7 Å². The van der Waals surface area contributed by atoms with Gasteiger partial charge in [-0.2, -0.15) is 0 Å². The second kappa shape index (κ2) is 6.83. The zero-order valence-corrected chi connectivity index (χ0v) is 16.3. The Hall–Kier alpha value is -4.41.